The molecule has 15 heavy (non-hydrogen) atoms. The fraction of sp³-hybridized carbons (Fsp3) is 0.182. The number of aliphatic carboxylic acids is 1. The summed E-state index contributed by atoms with van der Waals surface area (Å²) in [6.07, 6.45) is 1.32. The van der Waals surface area contributed by atoms with Crippen LogP contribution in [0.15, 0.2) is 17.7 Å². The largest absolute Gasteiger partial charge is 0.488 e. The van der Waals surface area contributed by atoms with Gasteiger partial charge in [-0.15, -0.1) is 0 Å². The van der Waals surface area contributed by atoms with E-state index >= 15 is 0 Å². The summed E-state index contributed by atoms with van der Waals surface area (Å²) >= 11 is 0. The lowest BCUT2D eigenvalue weighted by Crippen LogP contribution is -2.15. The summed E-state index contributed by atoms with van der Waals surface area (Å²) in [5.41, 5.74) is 1.08. The summed E-state index contributed by atoms with van der Waals surface area (Å²) < 4.78 is 18.6. The summed E-state index contributed by atoms with van der Waals surface area (Å²) in [7, 11) is 0. The van der Waals surface area contributed by atoms with E-state index in [1.165, 1.54) is 12.1 Å². The standard InChI is InChI=1S/C11H9FO3/c1-6-2-3-9(12)8-4-7(11(13)14)5-15-10(6)8/h2-4H,5H2,1H3,(H,13,14). The van der Waals surface area contributed by atoms with Crippen molar-refractivity contribution in [2.75, 3.05) is 6.61 Å². The Labute approximate surface area is 85.8 Å². The average Bonchev–Trinajstić information content (AvgIpc) is 2.23. The molecule has 1 aliphatic heterocycles. The zero-order valence-electron chi connectivity index (χ0n) is 8.08. The van der Waals surface area contributed by atoms with Gasteiger partial charge in [-0.05, 0) is 24.6 Å². The first kappa shape index (κ1) is 9.71. The third-order valence-electron chi connectivity index (χ3n) is 2.31. The number of aryl methyl sites for hydroxylation is 1. The van der Waals surface area contributed by atoms with Crippen LogP contribution in [0.1, 0.15) is 11.1 Å². The third kappa shape index (κ3) is 1.58. The molecule has 0 bridgehead atoms. The highest BCUT2D eigenvalue weighted by Gasteiger charge is 2.20. The van der Waals surface area contributed by atoms with Crippen LogP contribution in [0.4, 0.5) is 4.39 Å². The van der Waals surface area contributed by atoms with E-state index in [2.05, 4.69) is 0 Å². The number of halogens is 1. The van der Waals surface area contributed by atoms with Gasteiger partial charge in [0.2, 0.25) is 0 Å². The molecule has 0 aromatic heterocycles. The zero-order valence-corrected chi connectivity index (χ0v) is 8.08. The molecule has 3 nitrogen and oxygen atoms in total. The van der Waals surface area contributed by atoms with Crippen molar-refractivity contribution in [2.45, 2.75) is 6.92 Å². The number of ether oxygens (including phenoxy) is 1. The van der Waals surface area contributed by atoms with Gasteiger partial charge < -0.3 is 9.84 Å². The second-order valence-electron chi connectivity index (χ2n) is 3.37. The normalized spacial score (nSPS) is 13.9. The summed E-state index contributed by atoms with van der Waals surface area (Å²) in [4.78, 5) is 10.7. The van der Waals surface area contributed by atoms with E-state index < -0.39 is 11.8 Å². The zero-order chi connectivity index (χ0) is 11.0. The van der Waals surface area contributed by atoms with E-state index in [1.807, 2.05) is 0 Å². The van der Waals surface area contributed by atoms with Crippen LogP contribution in [0.25, 0.3) is 6.08 Å². The van der Waals surface area contributed by atoms with Crippen LogP contribution in [0, 0.1) is 12.7 Å². The third-order valence-corrected chi connectivity index (χ3v) is 2.31. The predicted molar refractivity (Wildman–Crippen MR) is 52.2 cm³/mol. The highest BCUT2D eigenvalue weighted by molar-refractivity contribution is 5.94. The molecular weight excluding hydrogens is 199 g/mol. The Hall–Kier alpha value is -1.84. The quantitative estimate of drug-likeness (QED) is 0.767. The minimum Gasteiger partial charge on any atom is -0.488 e. The van der Waals surface area contributed by atoms with Crippen molar-refractivity contribution in [3.05, 3.63) is 34.6 Å². The first-order chi connectivity index (χ1) is 7.09. The van der Waals surface area contributed by atoms with Gasteiger partial charge in [0.25, 0.3) is 0 Å². The monoisotopic (exact) mass is 208 g/mol. The van der Waals surface area contributed by atoms with Gasteiger partial charge in [0.1, 0.15) is 18.2 Å². The van der Waals surface area contributed by atoms with Gasteiger partial charge in [0.05, 0.1) is 11.1 Å². The number of carboxylic acids is 1. The maximum Gasteiger partial charge on any atom is 0.335 e. The van der Waals surface area contributed by atoms with Crippen LogP contribution >= 0.6 is 0 Å². The molecule has 1 aliphatic rings. The van der Waals surface area contributed by atoms with E-state index in [9.17, 15) is 9.18 Å². The van der Waals surface area contributed by atoms with Gasteiger partial charge in [-0.25, -0.2) is 9.18 Å². The number of carboxylic acid groups (broad SMARTS) is 1. The molecule has 0 spiro atoms. The van der Waals surface area contributed by atoms with Gasteiger partial charge in [0.15, 0.2) is 0 Å². The molecule has 0 fully saturated rings. The Balaban J connectivity index is 2.59. The lowest BCUT2D eigenvalue weighted by Gasteiger charge is -2.18. The van der Waals surface area contributed by atoms with Crippen molar-refractivity contribution < 1.29 is 19.0 Å². The van der Waals surface area contributed by atoms with Crippen molar-refractivity contribution in [3.8, 4) is 5.75 Å². The summed E-state index contributed by atoms with van der Waals surface area (Å²) in [5, 5.41) is 8.75. The molecule has 2 rings (SSSR count). The second-order valence-corrected chi connectivity index (χ2v) is 3.37. The molecule has 78 valence electrons. The molecule has 1 N–H and O–H groups in total. The van der Waals surface area contributed by atoms with Crippen molar-refractivity contribution >= 4 is 12.0 Å². The number of hydrogen-bond acceptors (Lipinski definition) is 2. The number of fused-ring (bicyclic) bond motifs is 1. The summed E-state index contributed by atoms with van der Waals surface area (Å²) in [6.45, 7) is 1.77. The van der Waals surface area contributed by atoms with Crippen molar-refractivity contribution in [2.24, 2.45) is 0 Å². The topological polar surface area (TPSA) is 46.5 Å². The minimum atomic E-state index is -1.08. The number of benzene rings is 1. The van der Waals surface area contributed by atoms with Crippen LogP contribution in [0.2, 0.25) is 0 Å². The fourth-order valence-electron chi connectivity index (χ4n) is 1.50. The van der Waals surface area contributed by atoms with Gasteiger partial charge in [-0.2, -0.15) is 0 Å². The lowest BCUT2D eigenvalue weighted by molar-refractivity contribution is -0.132. The van der Waals surface area contributed by atoms with E-state index in [0.29, 0.717) is 5.75 Å². The highest BCUT2D eigenvalue weighted by atomic mass is 19.1. The van der Waals surface area contributed by atoms with Crippen LogP contribution in [-0.4, -0.2) is 17.7 Å². The van der Waals surface area contributed by atoms with E-state index in [-0.39, 0.29) is 17.7 Å². The van der Waals surface area contributed by atoms with Crippen LogP contribution in [0.5, 0.6) is 5.75 Å². The maximum atomic E-state index is 13.4. The van der Waals surface area contributed by atoms with E-state index in [1.54, 1.807) is 13.0 Å². The van der Waals surface area contributed by atoms with Crippen LogP contribution < -0.4 is 4.74 Å². The Morgan fingerprint density at radius 3 is 2.93 bits per heavy atom. The molecular formula is C11H9FO3. The first-order valence-corrected chi connectivity index (χ1v) is 4.45. The Morgan fingerprint density at radius 1 is 1.53 bits per heavy atom. The Morgan fingerprint density at radius 2 is 2.27 bits per heavy atom. The molecule has 1 heterocycles. The number of rotatable bonds is 1. The highest BCUT2D eigenvalue weighted by Crippen LogP contribution is 2.31. The Bertz CT molecular complexity index is 463. The average molecular weight is 208 g/mol. The molecule has 0 atom stereocenters. The minimum absolute atomic E-state index is 0.0212. The van der Waals surface area contributed by atoms with Gasteiger partial charge in [0, 0.05) is 0 Å². The van der Waals surface area contributed by atoms with Gasteiger partial charge in [-0.1, -0.05) is 6.07 Å². The molecule has 1 aromatic rings. The Kier molecular flexibility index (Phi) is 2.19. The summed E-state index contributed by atoms with van der Waals surface area (Å²) in [6, 6.07) is 2.91. The second kappa shape index (κ2) is 3.38. The molecule has 0 aliphatic carbocycles. The van der Waals surface area contributed by atoms with E-state index in [0.717, 1.165) is 5.56 Å². The van der Waals surface area contributed by atoms with Crippen molar-refractivity contribution in [1.29, 1.82) is 0 Å². The fourth-order valence-corrected chi connectivity index (χ4v) is 1.50. The first-order valence-electron chi connectivity index (χ1n) is 4.45. The van der Waals surface area contributed by atoms with Crippen LogP contribution in [0.3, 0.4) is 0 Å². The molecule has 4 heteroatoms. The summed E-state index contributed by atoms with van der Waals surface area (Å²) in [5.74, 6) is -1.12. The van der Waals surface area contributed by atoms with Crippen molar-refractivity contribution in [1.82, 2.24) is 0 Å². The number of hydrogen-bond donors (Lipinski definition) is 1. The molecule has 0 unspecified atom stereocenters. The van der Waals surface area contributed by atoms with Gasteiger partial charge >= 0.3 is 5.97 Å². The van der Waals surface area contributed by atoms with Crippen molar-refractivity contribution in [3.63, 3.8) is 0 Å². The predicted octanol–water partition coefficient (Wildman–Crippen LogP) is 1.99. The van der Waals surface area contributed by atoms with Crippen LogP contribution in [-0.2, 0) is 4.79 Å². The maximum absolute atomic E-state index is 13.4. The lowest BCUT2D eigenvalue weighted by atomic mass is 10.0. The molecule has 1 aromatic carbocycles. The molecule has 0 saturated carbocycles. The van der Waals surface area contributed by atoms with Gasteiger partial charge in [-0.3, -0.25) is 0 Å². The SMILES string of the molecule is Cc1ccc(F)c2c1OCC(C(=O)O)=C2. The molecule has 0 saturated heterocycles. The molecule has 0 amide bonds. The van der Waals surface area contributed by atoms with E-state index in [4.69, 9.17) is 9.84 Å². The smallest absolute Gasteiger partial charge is 0.335 e. The number of carbonyl (C=O) groups is 1. The molecule has 0 radical (unpaired) electrons.